The van der Waals surface area contributed by atoms with Crippen molar-refractivity contribution in [2.24, 2.45) is 0 Å². The van der Waals surface area contributed by atoms with Crippen LogP contribution in [0.25, 0.3) is 0 Å². The molecule has 1 rings (SSSR count). The lowest BCUT2D eigenvalue weighted by Crippen LogP contribution is -2.07. The van der Waals surface area contributed by atoms with Gasteiger partial charge < -0.3 is 4.74 Å². The summed E-state index contributed by atoms with van der Waals surface area (Å²) in [5.41, 5.74) is 0.193. The fourth-order valence-corrected chi connectivity index (χ4v) is 1.68. The summed E-state index contributed by atoms with van der Waals surface area (Å²) < 4.78 is 4.99. The molecule has 0 radical (unpaired) electrons. The van der Waals surface area contributed by atoms with Crippen LogP contribution >= 0.6 is 23.2 Å². The molecule has 0 saturated heterocycles. The number of benzene rings is 1. The van der Waals surface area contributed by atoms with E-state index in [0.29, 0.717) is 19.1 Å². The van der Waals surface area contributed by atoms with Crippen LogP contribution in [-0.2, 0) is 4.79 Å². The Labute approximate surface area is 103 Å². The van der Waals surface area contributed by atoms with Crippen LogP contribution in [0.5, 0.6) is 5.75 Å². The largest absolute Gasteiger partial charge is 0.426 e. The van der Waals surface area contributed by atoms with Gasteiger partial charge >= 0.3 is 5.97 Å². The van der Waals surface area contributed by atoms with E-state index < -0.39 is 0 Å². The molecule has 1 aromatic carbocycles. The minimum absolute atomic E-state index is 0.168. The lowest BCUT2D eigenvalue weighted by molar-refractivity contribution is -0.134. The molecule has 3 nitrogen and oxygen atoms in total. The SMILES string of the molecule is CCCC(=O)Oc1cc(Cl)c(C=O)c(Cl)c1. The maximum atomic E-state index is 11.2. The van der Waals surface area contributed by atoms with Crippen molar-refractivity contribution in [2.75, 3.05) is 0 Å². The van der Waals surface area contributed by atoms with Gasteiger partial charge in [0.2, 0.25) is 0 Å². The lowest BCUT2D eigenvalue weighted by Gasteiger charge is -2.06. The molecule has 0 fully saturated rings. The number of carbonyl (C=O) groups excluding carboxylic acids is 2. The van der Waals surface area contributed by atoms with Gasteiger partial charge in [-0.15, -0.1) is 0 Å². The lowest BCUT2D eigenvalue weighted by atomic mass is 10.2. The van der Waals surface area contributed by atoms with Crippen LogP contribution in [0.15, 0.2) is 12.1 Å². The molecule has 0 amide bonds. The Morgan fingerprint density at radius 1 is 1.38 bits per heavy atom. The van der Waals surface area contributed by atoms with Crippen LogP contribution in [0.2, 0.25) is 10.0 Å². The second-order valence-corrected chi connectivity index (χ2v) is 3.96. The topological polar surface area (TPSA) is 43.4 Å². The zero-order valence-electron chi connectivity index (χ0n) is 8.63. The van der Waals surface area contributed by atoms with Crippen LogP contribution in [0.1, 0.15) is 30.1 Å². The first kappa shape index (κ1) is 13.0. The van der Waals surface area contributed by atoms with Gasteiger partial charge in [-0.1, -0.05) is 30.1 Å². The Bertz CT molecular complexity index is 393. The van der Waals surface area contributed by atoms with E-state index >= 15 is 0 Å². The van der Waals surface area contributed by atoms with Crippen molar-refractivity contribution in [3.05, 3.63) is 27.7 Å². The highest BCUT2D eigenvalue weighted by Crippen LogP contribution is 2.29. The van der Waals surface area contributed by atoms with Crippen LogP contribution in [-0.4, -0.2) is 12.3 Å². The predicted molar refractivity (Wildman–Crippen MR) is 62.4 cm³/mol. The van der Waals surface area contributed by atoms with Crippen molar-refractivity contribution in [1.29, 1.82) is 0 Å². The molecular weight excluding hydrogens is 251 g/mol. The molecule has 0 spiro atoms. The average molecular weight is 261 g/mol. The Hall–Kier alpha value is -1.06. The van der Waals surface area contributed by atoms with E-state index in [1.165, 1.54) is 12.1 Å². The molecule has 0 atom stereocenters. The molecule has 0 saturated carbocycles. The summed E-state index contributed by atoms with van der Waals surface area (Å²) in [4.78, 5) is 21.8. The third kappa shape index (κ3) is 3.22. The Morgan fingerprint density at radius 3 is 2.38 bits per heavy atom. The summed E-state index contributed by atoms with van der Waals surface area (Å²) >= 11 is 11.6. The maximum absolute atomic E-state index is 11.2. The number of hydrogen-bond acceptors (Lipinski definition) is 3. The molecule has 0 aliphatic heterocycles. The van der Waals surface area contributed by atoms with Crippen molar-refractivity contribution in [2.45, 2.75) is 19.8 Å². The summed E-state index contributed by atoms with van der Waals surface area (Å²) in [7, 11) is 0. The number of hydrogen-bond donors (Lipinski definition) is 0. The number of carbonyl (C=O) groups is 2. The predicted octanol–water partition coefficient (Wildman–Crippen LogP) is 3.51. The second-order valence-electron chi connectivity index (χ2n) is 3.14. The first-order valence-corrected chi connectivity index (χ1v) is 5.49. The van der Waals surface area contributed by atoms with Crippen molar-refractivity contribution in [3.63, 3.8) is 0 Å². The molecule has 0 unspecified atom stereocenters. The van der Waals surface area contributed by atoms with Gasteiger partial charge in [-0.25, -0.2) is 0 Å². The van der Waals surface area contributed by atoms with Crippen LogP contribution in [0.4, 0.5) is 0 Å². The van der Waals surface area contributed by atoms with Gasteiger partial charge in [-0.05, 0) is 6.42 Å². The molecule has 5 heteroatoms. The van der Waals surface area contributed by atoms with Gasteiger partial charge in [0.15, 0.2) is 6.29 Å². The first-order valence-electron chi connectivity index (χ1n) is 4.73. The molecule has 0 N–H and O–H groups in total. The summed E-state index contributed by atoms with van der Waals surface area (Å²) in [6.45, 7) is 1.87. The van der Waals surface area contributed by atoms with Crippen molar-refractivity contribution < 1.29 is 14.3 Å². The summed E-state index contributed by atoms with van der Waals surface area (Å²) in [6, 6.07) is 2.79. The van der Waals surface area contributed by atoms with E-state index in [1.807, 2.05) is 6.92 Å². The molecule has 0 bridgehead atoms. The van der Waals surface area contributed by atoms with Crippen LogP contribution < -0.4 is 4.74 Å². The average Bonchev–Trinajstić information content (AvgIpc) is 2.17. The molecule has 0 heterocycles. The zero-order chi connectivity index (χ0) is 12.1. The van der Waals surface area contributed by atoms with E-state index in [2.05, 4.69) is 0 Å². The third-order valence-corrected chi connectivity index (χ3v) is 2.48. The summed E-state index contributed by atoms with van der Waals surface area (Å²) in [5, 5.41) is 0.337. The normalized spacial score (nSPS) is 9.94. The highest BCUT2D eigenvalue weighted by molar-refractivity contribution is 6.38. The standard InChI is InChI=1S/C11H10Cl2O3/c1-2-3-11(15)16-7-4-9(12)8(6-14)10(13)5-7/h4-6H,2-3H2,1H3. The van der Waals surface area contributed by atoms with Gasteiger partial charge in [-0.3, -0.25) is 9.59 Å². The number of halogens is 2. The summed E-state index contributed by atoms with van der Waals surface area (Å²) in [6.07, 6.45) is 1.58. The van der Waals surface area contributed by atoms with E-state index in [9.17, 15) is 9.59 Å². The smallest absolute Gasteiger partial charge is 0.311 e. The van der Waals surface area contributed by atoms with Gasteiger partial charge in [-0.2, -0.15) is 0 Å². The van der Waals surface area contributed by atoms with Crippen molar-refractivity contribution >= 4 is 35.5 Å². The quantitative estimate of drug-likeness (QED) is 0.473. The minimum Gasteiger partial charge on any atom is -0.426 e. The maximum Gasteiger partial charge on any atom is 0.311 e. The minimum atomic E-state index is -0.353. The fourth-order valence-electron chi connectivity index (χ4n) is 1.12. The van der Waals surface area contributed by atoms with E-state index in [0.717, 1.165) is 0 Å². The van der Waals surface area contributed by atoms with Gasteiger partial charge in [0.1, 0.15) is 5.75 Å². The summed E-state index contributed by atoms with van der Waals surface area (Å²) in [5.74, 6) is -0.104. The zero-order valence-corrected chi connectivity index (χ0v) is 10.1. The molecular formula is C11H10Cl2O3. The van der Waals surface area contributed by atoms with Crippen molar-refractivity contribution in [1.82, 2.24) is 0 Å². The Kier molecular flexibility index (Phi) is 4.77. The molecule has 0 aliphatic carbocycles. The second kappa shape index (κ2) is 5.87. The van der Waals surface area contributed by atoms with Gasteiger partial charge in [0, 0.05) is 18.6 Å². The highest BCUT2D eigenvalue weighted by atomic mass is 35.5. The molecule has 0 aromatic heterocycles. The highest BCUT2D eigenvalue weighted by Gasteiger charge is 2.10. The van der Waals surface area contributed by atoms with Crippen LogP contribution in [0, 0.1) is 0 Å². The van der Waals surface area contributed by atoms with E-state index in [4.69, 9.17) is 27.9 Å². The van der Waals surface area contributed by atoms with Gasteiger partial charge in [0.05, 0.1) is 15.6 Å². The first-order chi connectivity index (χ1) is 7.58. The molecule has 86 valence electrons. The Morgan fingerprint density at radius 2 is 1.94 bits per heavy atom. The Balaban J connectivity index is 2.91. The van der Waals surface area contributed by atoms with Crippen molar-refractivity contribution in [3.8, 4) is 5.75 Å². The molecule has 16 heavy (non-hydrogen) atoms. The number of ether oxygens (including phenoxy) is 1. The van der Waals surface area contributed by atoms with Crippen LogP contribution in [0.3, 0.4) is 0 Å². The van der Waals surface area contributed by atoms with E-state index in [-0.39, 0.29) is 27.3 Å². The monoisotopic (exact) mass is 260 g/mol. The number of aldehydes is 1. The van der Waals surface area contributed by atoms with Gasteiger partial charge in [0.25, 0.3) is 0 Å². The molecule has 0 aliphatic rings. The fraction of sp³-hybridized carbons (Fsp3) is 0.273. The number of esters is 1. The third-order valence-electron chi connectivity index (χ3n) is 1.86. The van der Waals surface area contributed by atoms with E-state index in [1.54, 1.807) is 0 Å². The molecule has 1 aromatic rings. The number of rotatable bonds is 4.